The minimum Gasteiger partial charge on any atom is -0.422 e. The van der Waals surface area contributed by atoms with Crippen molar-refractivity contribution in [3.8, 4) is 0 Å². The van der Waals surface area contributed by atoms with E-state index < -0.39 is 0 Å². The number of thiazole rings is 1. The van der Waals surface area contributed by atoms with E-state index >= 15 is 0 Å². The van der Waals surface area contributed by atoms with Gasteiger partial charge >= 0.3 is 0 Å². The molecule has 5 rings (SSSR count). The SMILES string of the molecule is O=C(c1cscn1)N1C[C@@H]2C[C@@H](c3nnc(C4CC4)o3)O[C@@H]2C1. The minimum atomic E-state index is -0.124. The predicted octanol–water partition coefficient (Wildman–Crippen LogP) is 2.01. The fourth-order valence-electron chi connectivity index (χ4n) is 3.44. The Hall–Kier alpha value is -1.80. The van der Waals surface area contributed by atoms with Crippen LogP contribution in [0.5, 0.6) is 0 Å². The van der Waals surface area contributed by atoms with E-state index in [0.29, 0.717) is 36.5 Å². The number of ether oxygens (including phenoxy) is 1. The van der Waals surface area contributed by atoms with Crippen LogP contribution in [0.15, 0.2) is 15.3 Å². The largest absolute Gasteiger partial charge is 0.422 e. The molecule has 1 saturated carbocycles. The van der Waals surface area contributed by atoms with E-state index in [0.717, 1.165) is 25.2 Å². The summed E-state index contributed by atoms with van der Waals surface area (Å²) in [6.45, 7) is 1.32. The van der Waals surface area contributed by atoms with Crippen LogP contribution in [0, 0.1) is 5.92 Å². The van der Waals surface area contributed by atoms with E-state index in [1.165, 1.54) is 11.3 Å². The van der Waals surface area contributed by atoms with E-state index in [1.807, 2.05) is 4.90 Å². The van der Waals surface area contributed by atoms with Crippen LogP contribution in [0.2, 0.25) is 0 Å². The molecule has 2 aromatic rings. The van der Waals surface area contributed by atoms with Crippen molar-refractivity contribution in [1.82, 2.24) is 20.1 Å². The summed E-state index contributed by atoms with van der Waals surface area (Å²) in [7, 11) is 0. The van der Waals surface area contributed by atoms with Crippen molar-refractivity contribution < 1.29 is 13.9 Å². The third-order valence-corrected chi connectivity index (χ3v) is 5.42. The molecule has 3 atom stereocenters. The lowest BCUT2D eigenvalue weighted by Gasteiger charge is -2.17. The van der Waals surface area contributed by atoms with Crippen LogP contribution in [0.1, 0.15) is 53.6 Å². The summed E-state index contributed by atoms with van der Waals surface area (Å²) in [5.41, 5.74) is 2.21. The minimum absolute atomic E-state index is 0.00499. The molecule has 3 aliphatic rings. The number of hydrogen-bond acceptors (Lipinski definition) is 7. The Morgan fingerprint density at radius 2 is 2.13 bits per heavy atom. The van der Waals surface area contributed by atoms with Gasteiger partial charge in [0.1, 0.15) is 11.8 Å². The lowest BCUT2D eigenvalue weighted by molar-refractivity contribution is 0.0221. The Kier molecular flexibility index (Phi) is 3.02. The molecule has 0 N–H and O–H groups in total. The van der Waals surface area contributed by atoms with Gasteiger partial charge in [0.15, 0.2) is 0 Å². The first-order valence-electron chi connectivity index (χ1n) is 7.94. The number of carbonyl (C=O) groups excluding carboxylic acids is 1. The first-order chi connectivity index (χ1) is 11.3. The molecule has 23 heavy (non-hydrogen) atoms. The monoisotopic (exact) mass is 332 g/mol. The summed E-state index contributed by atoms with van der Waals surface area (Å²) in [5, 5.41) is 10.1. The molecule has 8 heteroatoms. The highest BCUT2D eigenvalue weighted by atomic mass is 32.1. The molecule has 0 aromatic carbocycles. The molecular weight excluding hydrogens is 316 g/mol. The number of carbonyl (C=O) groups is 1. The molecule has 2 saturated heterocycles. The maximum atomic E-state index is 12.3. The normalized spacial score (nSPS) is 29.9. The first-order valence-corrected chi connectivity index (χ1v) is 8.88. The number of hydrogen-bond donors (Lipinski definition) is 0. The predicted molar refractivity (Wildman–Crippen MR) is 80.0 cm³/mol. The van der Waals surface area contributed by atoms with Gasteiger partial charge in [0.05, 0.1) is 11.6 Å². The summed E-state index contributed by atoms with van der Waals surface area (Å²) in [5.74, 6) is 2.14. The summed E-state index contributed by atoms with van der Waals surface area (Å²) < 4.78 is 11.8. The fourth-order valence-corrected chi connectivity index (χ4v) is 3.97. The van der Waals surface area contributed by atoms with Gasteiger partial charge in [0.2, 0.25) is 11.8 Å². The van der Waals surface area contributed by atoms with Crippen molar-refractivity contribution >= 4 is 17.2 Å². The molecule has 2 aliphatic heterocycles. The van der Waals surface area contributed by atoms with Gasteiger partial charge in [0, 0.05) is 30.3 Å². The van der Waals surface area contributed by atoms with Gasteiger partial charge in [-0.25, -0.2) is 4.98 Å². The molecular formula is C15H16N4O3S. The number of likely N-dealkylation sites (tertiary alicyclic amines) is 1. The van der Waals surface area contributed by atoms with Crippen molar-refractivity contribution in [2.45, 2.75) is 37.4 Å². The Morgan fingerprint density at radius 3 is 2.87 bits per heavy atom. The van der Waals surface area contributed by atoms with Crippen LogP contribution >= 0.6 is 11.3 Å². The molecule has 0 radical (unpaired) electrons. The van der Waals surface area contributed by atoms with Crippen LogP contribution in [0.4, 0.5) is 0 Å². The zero-order valence-electron chi connectivity index (χ0n) is 12.4. The Bertz CT molecular complexity index is 713. The molecule has 2 aromatic heterocycles. The smallest absolute Gasteiger partial charge is 0.273 e. The third-order valence-electron chi connectivity index (χ3n) is 4.83. The van der Waals surface area contributed by atoms with Crippen LogP contribution in [-0.2, 0) is 4.74 Å². The average molecular weight is 332 g/mol. The second-order valence-corrected chi connectivity index (χ2v) is 7.21. The van der Waals surface area contributed by atoms with Crippen molar-refractivity contribution in [2.75, 3.05) is 13.1 Å². The highest BCUT2D eigenvalue weighted by molar-refractivity contribution is 7.07. The molecule has 120 valence electrons. The second kappa shape index (κ2) is 5.10. The summed E-state index contributed by atoms with van der Waals surface area (Å²) in [4.78, 5) is 18.3. The molecule has 0 bridgehead atoms. The van der Waals surface area contributed by atoms with Gasteiger partial charge < -0.3 is 14.1 Å². The number of amides is 1. The van der Waals surface area contributed by atoms with Gasteiger partial charge in [-0.1, -0.05) is 0 Å². The maximum absolute atomic E-state index is 12.3. The van der Waals surface area contributed by atoms with Crippen LogP contribution in [-0.4, -0.2) is 45.2 Å². The molecule has 1 amide bonds. The number of nitrogens with zero attached hydrogens (tertiary/aromatic N) is 4. The lowest BCUT2D eigenvalue weighted by Crippen LogP contribution is -2.31. The second-order valence-electron chi connectivity index (χ2n) is 6.50. The number of aromatic nitrogens is 3. The van der Waals surface area contributed by atoms with Gasteiger partial charge in [0.25, 0.3) is 5.91 Å². The van der Waals surface area contributed by atoms with Crippen molar-refractivity contribution in [1.29, 1.82) is 0 Å². The van der Waals surface area contributed by atoms with Crippen molar-refractivity contribution in [3.63, 3.8) is 0 Å². The van der Waals surface area contributed by atoms with Gasteiger partial charge in [-0.3, -0.25) is 4.79 Å². The first kappa shape index (κ1) is 13.6. The zero-order chi connectivity index (χ0) is 15.4. The van der Waals surface area contributed by atoms with Gasteiger partial charge in [-0.05, 0) is 19.3 Å². The molecule has 0 unspecified atom stereocenters. The maximum Gasteiger partial charge on any atom is 0.273 e. The summed E-state index contributed by atoms with van der Waals surface area (Å²) >= 11 is 1.44. The Morgan fingerprint density at radius 1 is 1.26 bits per heavy atom. The molecule has 0 spiro atoms. The highest BCUT2D eigenvalue weighted by Crippen LogP contribution is 2.43. The van der Waals surface area contributed by atoms with E-state index in [1.54, 1.807) is 10.9 Å². The standard InChI is InChI=1S/C15H16N4O3S/c20-15(10-6-23-7-16-10)19-4-9-3-11(21-12(9)5-19)14-18-17-13(22-14)8-1-2-8/h6-9,11-12H,1-5H2/t9-,11-,12+/m0/s1. The number of fused-ring (bicyclic) bond motifs is 1. The van der Waals surface area contributed by atoms with E-state index in [-0.39, 0.29) is 18.1 Å². The van der Waals surface area contributed by atoms with Gasteiger partial charge in [-0.15, -0.1) is 21.5 Å². The molecule has 7 nitrogen and oxygen atoms in total. The Labute approximate surface area is 136 Å². The fraction of sp³-hybridized carbons (Fsp3) is 0.600. The Balaban J connectivity index is 1.25. The molecule has 3 fully saturated rings. The van der Waals surface area contributed by atoms with Crippen LogP contribution in [0.3, 0.4) is 0 Å². The van der Waals surface area contributed by atoms with Gasteiger partial charge in [-0.2, -0.15) is 0 Å². The van der Waals surface area contributed by atoms with Crippen LogP contribution < -0.4 is 0 Å². The van der Waals surface area contributed by atoms with E-state index in [4.69, 9.17) is 9.15 Å². The van der Waals surface area contributed by atoms with Crippen LogP contribution in [0.25, 0.3) is 0 Å². The average Bonchev–Trinajstić information content (AvgIpc) is 3.00. The summed E-state index contributed by atoms with van der Waals surface area (Å²) in [6.07, 6.45) is 3.05. The quantitative estimate of drug-likeness (QED) is 0.855. The molecule has 1 aliphatic carbocycles. The van der Waals surface area contributed by atoms with E-state index in [2.05, 4.69) is 15.2 Å². The summed E-state index contributed by atoms with van der Waals surface area (Å²) in [6, 6.07) is 0. The molecule has 4 heterocycles. The number of rotatable bonds is 3. The lowest BCUT2D eigenvalue weighted by atomic mass is 10.0. The topological polar surface area (TPSA) is 81.4 Å². The third kappa shape index (κ3) is 2.36. The highest BCUT2D eigenvalue weighted by Gasteiger charge is 2.46. The van der Waals surface area contributed by atoms with Crippen molar-refractivity contribution in [2.24, 2.45) is 5.92 Å². The zero-order valence-corrected chi connectivity index (χ0v) is 13.2. The van der Waals surface area contributed by atoms with E-state index in [9.17, 15) is 4.79 Å². The van der Waals surface area contributed by atoms with Crippen molar-refractivity contribution in [3.05, 3.63) is 28.4 Å².